The van der Waals surface area contributed by atoms with Crippen LogP contribution < -0.4 is 4.72 Å². The highest BCUT2D eigenvalue weighted by molar-refractivity contribution is 7.92. The summed E-state index contributed by atoms with van der Waals surface area (Å²) in [4.78, 5) is 13.5. The molecule has 7 nitrogen and oxygen atoms in total. The topological polar surface area (TPSA) is 102 Å². The maximum Gasteiger partial charge on any atom is 0.270 e. The first-order chi connectivity index (χ1) is 9.38. The predicted octanol–water partition coefficient (Wildman–Crippen LogP) is 2.44. The van der Waals surface area contributed by atoms with Crippen molar-refractivity contribution in [1.29, 1.82) is 0 Å². The molecule has 0 unspecified atom stereocenters. The molecule has 0 aliphatic heterocycles. The second-order valence-corrected chi connectivity index (χ2v) is 5.80. The van der Waals surface area contributed by atoms with Crippen molar-refractivity contribution in [2.45, 2.75) is 4.90 Å². The summed E-state index contributed by atoms with van der Waals surface area (Å²) in [5.41, 5.74) is -0.0944. The Morgan fingerprint density at radius 1 is 1.25 bits per heavy atom. The molecule has 0 bridgehead atoms. The minimum Gasteiger partial charge on any atom is -0.278 e. The molecule has 0 fully saturated rings. The van der Waals surface area contributed by atoms with Gasteiger partial charge < -0.3 is 0 Å². The Kier molecular flexibility index (Phi) is 3.86. The summed E-state index contributed by atoms with van der Waals surface area (Å²) in [7, 11) is -3.92. The number of nitro groups is 1. The molecule has 0 amide bonds. The van der Waals surface area contributed by atoms with E-state index in [1.165, 1.54) is 36.5 Å². The van der Waals surface area contributed by atoms with Crippen LogP contribution in [0.25, 0.3) is 0 Å². The van der Waals surface area contributed by atoms with Gasteiger partial charge in [-0.2, -0.15) is 0 Å². The van der Waals surface area contributed by atoms with Crippen LogP contribution in [0.3, 0.4) is 0 Å². The molecular weight excluding hydrogens is 306 g/mol. The number of pyridine rings is 1. The van der Waals surface area contributed by atoms with E-state index in [0.717, 1.165) is 6.07 Å². The summed E-state index contributed by atoms with van der Waals surface area (Å²) in [6.07, 6.45) is 1.25. The van der Waals surface area contributed by atoms with Crippen molar-refractivity contribution in [3.63, 3.8) is 0 Å². The molecule has 0 atom stereocenters. The fourth-order valence-electron chi connectivity index (χ4n) is 1.41. The SMILES string of the molecule is O=[N+]([O-])c1cccc(S(=O)(=O)Nc2ccc(Cl)nc2)c1. The lowest BCUT2D eigenvalue weighted by atomic mass is 10.3. The smallest absolute Gasteiger partial charge is 0.270 e. The Balaban J connectivity index is 2.33. The highest BCUT2D eigenvalue weighted by Crippen LogP contribution is 2.20. The molecule has 1 aromatic heterocycles. The fourth-order valence-corrected chi connectivity index (χ4v) is 2.61. The number of hydrogen-bond donors (Lipinski definition) is 1. The highest BCUT2D eigenvalue weighted by Gasteiger charge is 2.17. The summed E-state index contributed by atoms with van der Waals surface area (Å²) in [6, 6.07) is 7.61. The first-order valence-corrected chi connectivity index (χ1v) is 7.13. The normalized spacial score (nSPS) is 11.1. The molecule has 0 spiro atoms. The van der Waals surface area contributed by atoms with Crippen molar-refractivity contribution in [3.05, 3.63) is 57.9 Å². The third kappa shape index (κ3) is 3.22. The highest BCUT2D eigenvalue weighted by atomic mass is 35.5. The molecule has 0 aliphatic carbocycles. The van der Waals surface area contributed by atoms with Gasteiger partial charge in [-0.05, 0) is 18.2 Å². The molecule has 1 heterocycles. The van der Waals surface area contributed by atoms with Gasteiger partial charge in [0.2, 0.25) is 0 Å². The lowest BCUT2D eigenvalue weighted by Crippen LogP contribution is -2.13. The second-order valence-electron chi connectivity index (χ2n) is 3.73. The van der Waals surface area contributed by atoms with Gasteiger partial charge in [-0.25, -0.2) is 13.4 Å². The van der Waals surface area contributed by atoms with Crippen LogP contribution in [0.15, 0.2) is 47.5 Å². The van der Waals surface area contributed by atoms with E-state index in [0.29, 0.717) is 0 Å². The molecule has 1 aromatic carbocycles. The molecule has 0 radical (unpaired) electrons. The van der Waals surface area contributed by atoms with Gasteiger partial charge in [-0.15, -0.1) is 0 Å². The molecule has 1 N–H and O–H groups in total. The van der Waals surface area contributed by atoms with Gasteiger partial charge in [0.05, 0.1) is 21.7 Å². The first kappa shape index (κ1) is 14.2. The number of halogens is 1. The monoisotopic (exact) mass is 313 g/mol. The van der Waals surface area contributed by atoms with Crippen molar-refractivity contribution in [2.24, 2.45) is 0 Å². The number of sulfonamides is 1. The molecule has 104 valence electrons. The first-order valence-electron chi connectivity index (χ1n) is 5.27. The number of hydrogen-bond acceptors (Lipinski definition) is 5. The van der Waals surface area contributed by atoms with Gasteiger partial charge in [0, 0.05) is 12.1 Å². The third-order valence-corrected chi connectivity index (χ3v) is 3.92. The number of nitrogens with one attached hydrogen (secondary N) is 1. The van der Waals surface area contributed by atoms with Gasteiger partial charge in [0.15, 0.2) is 0 Å². The zero-order chi connectivity index (χ0) is 14.8. The van der Waals surface area contributed by atoms with E-state index in [1.807, 2.05) is 0 Å². The van der Waals surface area contributed by atoms with Crippen molar-refractivity contribution in [3.8, 4) is 0 Å². The number of benzene rings is 1. The standard InChI is InChI=1S/C11H8ClN3O4S/c12-11-5-4-8(7-13-11)14-20(18,19)10-3-1-2-9(6-10)15(16)17/h1-7,14H. The molecule has 2 aromatic rings. The Labute approximate surface area is 119 Å². The Morgan fingerprint density at radius 2 is 2.00 bits per heavy atom. The second kappa shape index (κ2) is 5.43. The van der Waals surface area contributed by atoms with Crippen LogP contribution in [0.4, 0.5) is 11.4 Å². The number of nitro benzene ring substituents is 1. The third-order valence-electron chi connectivity index (χ3n) is 2.32. The van der Waals surface area contributed by atoms with Gasteiger partial charge in [-0.3, -0.25) is 14.8 Å². The summed E-state index contributed by atoms with van der Waals surface area (Å²) in [5, 5.41) is 10.9. The van der Waals surface area contributed by atoms with Crippen molar-refractivity contribution in [2.75, 3.05) is 4.72 Å². The number of rotatable bonds is 4. The number of nitrogens with zero attached hydrogens (tertiary/aromatic N) is 2. The summed E-state index contributed by atoms with van der Waals surface area (Å²) in [6.45, 7) is 0. The Bertz CT molecular complexity index is 747. The van der Waals surface area contributed by atoms with E-state index in [-0.39, 0.29) is 21.4 Å². The fraction of sp³-hybridized carbons (Fsp3) is 0. The van der Waals surface area contributed by atoms with Gasteiger partial charge >= 0.3 is 0 Å². The molecule has 20 heavy (non-hydrogen) atoms. The summed E-state index contributed by atoms with van der Waals surface area (Å²) < 4.78 is 26.4. The maximum absolute atomic E-state index is 12.1. The minimum absolute atomic E-state index is 0.207. The van der Waals surface area contributed by atoms with E-state index >= 15 is 0 Å². The van der Waals surface area contributed by atoms with E-state index in [1.54, 1.807) is 0 Å². The Morgan fingerprint density at radius 3 is 2.60 bits per heavy atom. The number of anilines is 1. The quantitative estimate of drug-likeness (QED) is 0.530. The molecule has 0 saturated heterocycles. The van der Waals surface area contributed by atoms with E-state index < -0.39 is 14.9 Å². The van der Waals surface area contributed by atoms with E-state index in [9.17, 15) is 18.5 Å². The maximum atomic E-state index is 12.1. The minimum atomic E-state index is -3.92. The van der Waals surface area contributed by atoms with Crippen LogP contribution >= 0.6 is 11.6 Å². The molecule has 0 saturated carbocycles. The molecule has 9 heteroatoms. The van der Waals surface area contributed by atoms with Crippen LogP contribution in [0, 0.1) is 10.1 Å². The van der Waals surface area contributed by atoms with Gasteiger partial charge in [0.1, 0.15) is 5.15 Å². The average molecular weight is 314 g/mol. The van der Waals surface area contributed by atoms with Crippen LogP contribution in [-0.2, 0) is 10.0 Å². The summed E-state index contributed by atoms with van der Waals surface area (Å²) in [5.74, 6) is 0. The van der Waals surface area contributed by atoms with E-state index in [4.69, 9.17) is 11.6 Å². The van der Waals surface area contributed by atoms with E-state index in [2.05, 4.69) is 9.71 Å². The van der Waals surface area contributed by atoms with Crippen LogP contribution in [0.5, 0.6) is 0 Å². The Hall–Kier alpha value is -2.19. The lowest BCUT2D eigenvalue weighted by molar-refractivity contribution is -0.385. The molecular formula is C11H8ClN3O4S. The summed E-state index contributed by atoms with van der Waals surface area (Å²) >= 11 is 5.59. The molecule has 0 aliphatic rings. The van der Waals surface area contributed by atoms with Gasteiger partial charge in [0.25, 0.3) is 15.7 Å². The van der Waals surface area contributed by atoms with Crippen LogP contribution in [-0.4, -0.2) is 18.3 Å². The van der Waals surface area contributed by atoms with Crippen LogP contribution in [0.1, 0.15) is 0 Å². The van der Waals surface area contributed by atoms with Gasteiger partial charge in [-0.1, -0.05) is 17.7 Å². The molecule has 2 rings (SSSR count). The zero-order valence-electron chi connectivity index (χ0n) is 9.86. The van der Waals surface area contributed by atoms with Crippen molar-refractivity contribution < 1.29 is 13.3 Å². The van der Waals surface area contributed by atoms with Crippen LogP contribution in [0.2, 0.25) is 5.15 Å². The largest absolute Gasteiger partial charge is 0.278 e. The lowest BCUT2D eigenvalue weighted by Gasteiger charge is -2.07. The average Bonchev–Trinajstić information content (AvgIpc) is 2.41. The zero-order valence-corrected chi connectivity index (χ0v) is 11.4. The number of aromatic nitrogens is 1. The predicted molar refractivity (Wildman–Crippen MR) is 73.2 cm³/mol. The number of non-ortho nitro benzene ring substituents is 1. The van der Waals surface area contributed by atoms with Crippen molar-refractivity contribution >= 4 is 33.0 Å². The van der Waals surface area contributed by atoms with Crippen molar-refractivity contribution in [1.82, 2.24) is 4.98 Å².